The molecule has 0 aromatic heterocycles. The highest BCUT2D eigenvalue weighted by atomic mass is 16.5. The van der Waals surface area contributed by atoms with Gasteiger partial charge in [-0.2, -0.15) is 0 Å². The van der Waals surface area contributed by atoms with Crippen LogP contribution in [-0.2, 0) is 6.42 Å². The molecule has 4 heteroatoms. The first-order chi connectivity index (χ1) is 11.8. The van der Waals surface area contributed by atoms with Gasteiger partial charge in [0.2, 0.25) is 0 Å². The van der Waals surface area contributed by atoms with Crippen LogP contribution in [0, 0.1) is 11.8 Å². The Morgan fingerprint density at radius 3 is 2.58 bits per heavy atom. The second-order valence-electron chi connectivity index (χ2n) is 7.28. The number of ether oxygens (including phenoxy) is 2. The predicted octanol–water partition coefficient (Wildman–Crippen LogP) is 3.00. The summed E-state index contributed by atoms with van der Waals surface area (Å²) in [5.41, 5.74) is 1.30. The molecule has 1 unspecified atom stereocenters. The number of benzene rings is 1. The molecule has 0 saturated heterocycles. The van der Waals surface area contributed by atoms with Gasteiger partial charge in [0, 0.05) is 19.1 Å². The van der Waals surface area contributed by atoms with Crippen molar-refractivity contribution in [3.8, 4) is 11.5 Å². The van der Waals surface area contributed by atoms with Crippen LogP contribution in [0.3, 0.4) is 0 Å². The van der Waals surface area contributed by atoms with E-state index in [1.165, 1.54) is 31.2 Å². The second kappa shape index (κ2) is 8.72. The van der Waals surface area contributed by atoms with E-state index in [9.17, 15) is 0 Å². The fourth-order valence-electron chi connectivity index (χ4n) is 4.42. The predicted molar refractivity (Wildman–Crippen MR) is 98.0 cm³/mol. The zero-order valence-corrected chi connectivity index (χ0v) is 15.1. The SMILES string of the molecule is COc1ccc(CCCNCCNC2C[C@H]3CC[C@@H]2C3)cc1OC. The van der Waals surface area contributed by atoms with E-state index in [-0.39, 0.29) is 0 Å². The van der Waals surface area contributed by atoms with Crippen molar-refractivity contribution in [2.45, 2.75) is 44.6 Å². The van der Waals surface area contributed by atoms with Crippen LogP contribution >= 0.6 is 0 Å². The minimum Gasteiger partial charge on any atom is -0.493 e. The van der Waals surface area contributed by atoms with Crippen molar-refractivity contribution in [1.82, 2.24) is 10.6 Å². The zero-order chi connectivity index (χ0) is 16.8. The van der Waals surface area contributed by atoms with Gasteiger partial charge >= 0.3 is 0 Å². The van der Waals surface area contributed by atoms with Gasteiger partial charge in [0.1, 0.15) is 0 Å². The number of hydrogen-bond donors (Lipinski definition) is 2. The highest BCUT2D eigenvalue weighted by Gasteiger charge is 2.38. The van der Waals surface area contributed by atoms with Gasteiger partial charge in [-0.3, -0.25) is 0 Å². The van der Waals surface area contributed by atoms with E-state index in [2.05, 4.69) is 22.8 Å². The number of fused-ring (bicyclic) bond motifs is 2. The Bertz CT molecular complexity index is 520. The Hall–Kier alpha value is -1.26. The van der Waals surface area contributed by atoms with Gasteiger partial charge in [0.05, 0.1) is 14.2 Å². The third-order valence-electron chi connectivity index (χ3n) is 5.71. The summed E-state index contributed by atoms with van der Waals surface area (Å²) in [5.74, 6) is 3.62. The zero-order valence-electron chi connectivity index (χ0n) is 15.1. The molecule has 0 amide bonds. The molecule has 1 aromatic rings. The molecule has 134 valence electrons. The molecule has 0 aliphatic heterocycles. The molecule has 2 saturated carbocycles. The summed E-state index contributed by atoms with van der Waals surface area (Å²) >= 11 is 0. The maximum atomic E-state index is 5.36. The minimum atomic E-state index is 0.797. The van der Waals surface area contributed by atoms with E-state index >= 15 is 0 Å². The second-order valence-corrected chi connectivity index (χ2v) is 7.28. The van der Waals surface area contributed by atoms with Crippen LogP contribution in [0.5, 0.6) is 11.5 Å². The molecule has 3 rings (SSSR count). The van der Waals surface area contributed by atoms with Crippen LogP contribution in [-0.4, -0.2) is 39.9 Å². The molecule has 2 aliphatic rings. The number of rotatable bonds is 10. The third-order valence-corrected chi connectivity index (χ3v) is 5.71. The van der Waals surface area contributed by atoms with Gasteiger partial charge in [-0.05, 0) is 68.2 Å². The highest BCUT2D eigenvalue weighted by Crippen LogP contribution is 2.44. The van der Waals surface area contributed by atoms with Crippen LogP contribution in [0.1, 0.15) is 37.7 Å². The average molecular weight is 332 g/mol. The van der Waals surface area contributed by atoms with Gasteiger partial charge in [-0.25, -0.2) is 0 Å². The molecule has 0 heterocycles. The molecule has 2 bridgehead atoms. The van der Waals surface area contributed by atoms with E-state index in [0.29, 0.717) is 0 Å². The topological polar surface area (TPSA) is 42.5 Å². The summed E-state index contributed by atoms with van der Waals surface area (Å²) in [5, 5.41) is 7.31. The van der Waals surface area contributed by atoms with E-state index in [1.807, 2.05) is 6.07 Å². The molecular formula is C20H32N2O2. The first-order valence-corrected chi connectivity index (χ1v) is 9.45. The van der Waals surface area contributed by atoms with Gasteiger partial charge in [-0.15, -0.1) is 0 Å². The average Bonchev–Trinajstić information content (AvgIpc) is 3.23. The van der Waals surface area contributed by atoms with E-state index in [0.717, 1.165) is 61.9 Å². The van der Waals surface area contributed by atoms with Gasteiger partial charge in [0.25, 0.3) is 0 Å². The van der Waals surface area contributed by atoms with Gasteiger partial charge in [-0.1, -0.05) is 12.5 Å². The fourth-order valence-corrected chi connectivity index (χ4v) is 4.42. The lowest BCUT2D eigenvalue weighted by Gasteiger charge is -2.23. The standard InChI is InChI=1S/C20H32N2O2/c1-23-19-8-6-15(14-20(19)24-2)4-3-9-21-10-11-22-18-13-16-5-7-17(18)12-16/h6,8,14,16-18,21-22H,3-5,7,9-13H2,1-2H3/t16-,17+,18?/m0/s1. The Labute approximate surface area is 146 Å². The first-order valence-electron chi connectivity index (χ1n) is 9.45. The third kappa shape index (κ3) is 4.42. The highest BCUT2D eigenvalue weighted by molar-refractivity contribution is 5.42. The molecule has 2 N–H and O–H groups in total. The van der Waals surface area contributed by atoms with Crippen molar-refractivity contribution in [2.75, 3.05) is 33.9 Å². The number of aryl methyl sites for hydroxylation is 1. The molecule has 2 aliphatic carbocycles. The van der Waals surface area contributed by atoms with Gasteiger partial charge < -0.3 is 20.1 Å². The fraction of sp³-hybridized carbons (Fsp3) is 0.700. The summed E-state index contributed by atoms with van der Waals surface area (Å²) in [6, 6.07) is 6.99. The molecule has 2 fully saturated rings. The first kappa shape index (κ1) is 17.6. The van der Waals surface area contributed by atoms with Crippen molar-refractivity contribution < 1.29 is 9.47 Å². The summed E-state index contributed by atoms with van der Waals surface area (Å²) in [6.45, 7) is 3.23. The minimum absolute atomic E-state index is 0.797. The molecule has 24 heavy (non-hydrogen) atoms. The lowest BCUT2D eigenvalue weighted by atomic mass is 9.95. The Morgan fingerprint density at radius 1 is 1.00 bits per heavy atom. The lowest BCUT2D eigenvalue weighted by molar-refractivity contribution is 0.351. The van der Waals surface area contributed by atoms with Crippen LogP contribution < -0.4 is 20.1 Å². The quantitative estimate of drug-likeness (QED) is 0.647. The maximum Gasteiger partial charge on any atom is 0.160 e. The molecule has 0 radical (unpaired) electrons. The Balaban J connectivity index is 1.26. The van der Waals surface area contributed by atoms with E-state index in [1.54, 1.807) is 14.2 Å². The summed E-state index contributed by atoms with van der Waals surface area (Å²) < 4.78 is 10.6. The molecular weight excluding hydrogens is 300 g/mol. The Morgan fingerprint density at radius 2 is 1.88 bits per heavy atom. The van der Waals surface area contributed by atoms with Crippen molar-refractivity contribution in [3.05, 3.63) is 23.8 Å². The summed E-state index contributed by atoms with van der Waals surface area (Å²) in [7, 11) is 3.36. The monoisotopic (exact) mass is 332 g/mol. The van der Waals surface area contributed by atoms with Crippen molar-refractivity contribution >= 4 is 0 Å². The maximum absolute atomic E-state index is 5.36. The van der Waals surface area contributed by atoms with Crippen molar-refractivity contribution in [1.29, 1.82) is 0 Å². The largest absolute Gasteiger partial charge is 0.493 e. The molecule has 0 spiro atoms. The lowest BCUT2D eigenvalue weighted by Crippen LogP contribution is -2.38. The van der Waals surface area contributed by atoms with E-state index < -0.39 is 0 Å². The van der Waals surface area contributed by atoms with Crippen molar-refractivity contribution in [3.63, 3.8) is 0 Å². The van der Waals surface area contributed by atoms with Crippen molar-refractivity contribution in [2.24, 2.45) is 11.8 Å². The smallest absolute Gasteiger partial charge is 0.160 e. The van der Waals surface area contributed by atoms with Crippen LogP contribution in [0.15, 0.2) is 18.2 Å². The number of methoxy groups -OCH3 is 2. The normalized spacial score (nSPS) is 25.2. The van der Waals surface area contributed by atoms with Crippen LogP contribution in [0.2, 0.25) is 0 Å². The molecule has 1 aromatic carbocycles. The Kier molecular flexibility index (Phi) is 6.38. The number of hydrogen-bond acceptors (Lipinski definition) is 4. The molecule has 3 atom stereocenters. The molecule has 4 nitrogen and oxygen atoms in total. The summed E-state index contributed by atoms with van der Waals surface area (Å²) in [6.07, 6.45) is 8.05. The van der Waals surface area contributed by atoms with Gasteiger partial charge in [0.15, 0.2) is 11.5 Å². The van der Waals surface area contributed by atoms with Crippen LogP contribution in [0.4, 0.5) is 0 Å². The van der Waals surface area contributed by atoms with E-state index in [4.69, 9.17) is 9.47 Å². The number of nitrogens with one attached hydrogen (secondary N) is 2. The van der Waals surface area contributed by atoms with Crippen LogP contribution in [0.25, 0.3) is 0 Å². The summed E-state index contributed by atoms with van der Waals surface area (Å²) in [4.78, 5) is 0.